The summed E-state index contributed by atoms with van der Waals surface area (Å²) in [5, 5.41) is 4.06. The first-order chi connectivity index (χ1) is 9.22. The minimum absolute atomic E-state index is 0.00954. The summed E-state index contributed by atoms with van der Waals surface area (Å²) in [7, 11) is 0. The van der Waals surface area contributed by atoms with Crippen molar-refractivity contribution in [1.29, 1.82) is 0 Å². The van der Waals surface area contributed by atoms with Gasteiger partial charge in [-0.3, -0.25) is 0 Å². The molecule has 3 rings (SSSR count). The van der Waals surface area contributed by atoms with Crippen LogP contribution in [-0.2, 0) is 6.61 Å². The molecule has 4 nitrogen and oxygen atoms in total. The van der Waals surface area contributed by atoms with Crippen LogP contribution >= 0.6 is 0 Å². The van der Waals surface area contributed by atoms with Crippen LogP contribution in [0.15, 0.2) is 34.9 Å². The first kappa shape index (κ1) is 12.2. The zero-order valence-electron chi connectivity index (χ0n) is 11.0. The number of rotatable bonds is 5. The average molecular weight is 258 g/mol. The van der Waals surface area contributed by atoms with Gasteiger partial charge in [0.2, 0.25) is 0 Å². The van der Waals surface area contributed by atoms with E-state index in [-0.39, 0.29) is 6.04 Å². The molecular formula is C15H18N2O2. The van der Waals surface area contributed by atoms with Crippen molar-refractivity contribution in [2.45, 2.75) is 38.3 Å². The zero-order valence-corrected chi connectivity index (χ0v) is 11.0. The Bertz CT molecular complexity index is 559. The van der Waals surface area contributed by atoms with E-state index in [1.165, 1.54) is 12.8 Å². The number of nitrogens with zero attached hydrogens (tertiary/aromatic N) is 1. The molecule has 2 N–H and O–H groups in total. The van der Waals surface area contributed by atoms with E-state index in [0.717, 1.165) is 22.8 Å². The van der Waals surface area contributed by atoms with Gasteiger partial charge in [0.25, 0.3) is 0 Å². The van der Waals surface area contributed by atoms with Crippen molar-refractivity contribution in [3.8, 4) is 5.75 Å². The minimum atomic E-state index is 0.00954. The second kappa shape index (κ2) is 5.05. The molecule has 1 fully saturated rings. The number of hydrogen-bond donors (Lipinski definition) is 1. The Kier molecular flexibility index (Phi) is 3.25. The van der Waals surface area contributed by atoms with Crippen molar-refractivity contribution in [3.05, 3.63) is 47.3 Å². The Labute approximate surface area is 112 Å². The van der Waals surface area contributed by atoms with Crippen molar-refractivity contribution in [2.75, 3.05) is 0 Å². The second-order valence-corrected chi connectivity index (χ2v) is 5.14. The number of hydrogen-bond acceptors (Lipinski definition) is 4. The first-order valence-electron chi connectivity index (χ1n) is 6.66. The molecule has 100 valence electrons. The van der Waals surface area contributed by atoms with Crippen LogP contribution in [0.5, 0.6) is 5.75 Å². The Balaban J connectivity index is 1.62. The lowest BCUT2D eigenvalue weighted by molar-refractivity contribution is 0.248. The lowest BCUT2D eigenvalue weighted by Crippen LogP contribution is -2.05. The average Bonchev–Trinajstić information content (AvgIpc) is 3.16. The van der Waals surface area contributed by atoms with Gasteiger partial charge in [0.15, 0.2) is 5.76 Å². The normalized spacial score (nSPS) is 16.3. The van der Waals surface area contributed by atoms with E-state index in [0.29, 0.717) is 12.5 Å². The predicted octanol–water partition coefficient (Wildman–Crippen LogP) is 3.15. The molecule has 1 aliphatic carbocycles. The zero-order chi connectivity index (χ0) is 13.2. The molecule has 1 heterocycles. The SMILES string of the molecule is CC(N)c1cccc(OCc2cc(C3CC3)no2)c1. The summed E-state index contributed by atoms with van der Waals surface area (Å²) in [6.45, 7) is 2.36. The van der Waals surface area contributed by atoms with Crippen LogP contribution < -0.4 is 10.5 Å². The summed E-state index contributed by atoms with van der Waals surface area (Å²) in [5.74, 6) is 2.19. The van der Waals surface area contributed by atoms with E-state index in [1.54, 1.807) is 0 Å². The van der Waals surface area contributed by atoms with Crippen LogP contribution in [0.1, 0.15) is 48.7 Å². The summed E-state index contributed by atoms with van der Waals surface area (Å²) in [6, 6.07) is 9.83. The summed E-state index contributed by atoms with van der Waals surface area (Å²) >= 11 is 0. The highest BCUT2D eigenvalue weighted by molar-refractivity contribution is 5.30. The molecule has 0 saturated heterocycles. The highest BCUT2D eigenvalue weighted by Crippen LogP contribution is 2.39. The van der Waals surface area contributed by atoms with E-state index in [4.69, 9.17) is 15.0 Å². The standard InChI is InChI=1S/C15H18N2O2/c1-10(16)12-3-2-4-13(7-12)18-9-14-8-15(17-19-14)11-5-6-11/h2-4,7-8,10-11H,5-6,9,16H2,1H3. The van der Waals surface area contributed by atoms with Crippen molar-refractivity contribution in [3.63, 3.8) is 0 Å². The second-order valence-electron chi connectivity index (χ2n) is 5.14. The molecule has 1 unspecified atom stereocenters. The molecule has 0 spiro atoms. The van der Waals surface area contributed by atoms with Crippen LogP contribution in [0.25, 0.3) is 0 Å². The third-order valence-corrected chi connectivity index (χ3v) is 3.34. The van der Waals surface area contributed by atoms with Gasteiger partial charge < -0.3 is 15.0 Å². The van der Waals surface area contributed by atoms with Crippen LogP contribution in [0, 0.1) is 0 Å². The molecule has 0 aliphatic heterocycles. The van der Waals surface area contributed by atoms with Gasteiger partial charge in [-0.25, -0.2) is 0 Å². The maximum absolute atomic E-state index is 5.85. The van der Waals surface area contributed by atoms with Crippen LogP contribution in [0.4, 0.5) is 0 Å². The van der Waals surface area contributed by atoms with Gasteiger partial charge >= 0.3 is 0 Å². The summed E-state index contributed by atoms with van der Waals surface area (Å²) in [5.41, 5.74) is 7.97. The minimum Gasteiger partial charge on any atom is -0.486 e. The van der Waals surface area contributed by atoms with Crippen LogP contribution in [-0.4, -0.2) is 5.16 Å². The maximum atomic E-state index is 5.85. The molecule has 1 saturated carbocycles. The number of aromatic nitrogens is 1. The molecule has 1 aromatic heterocycles. The lowest BCUT2D eigenvalue weighted by Gasteiger charge is -2.08. The largest absolute Gasteiger partial charge is 0.486 e. The molecule has 0 amide bonds. The van der Waals surface area contributed by atoms with E-state index < -0.39 is 0 Å². The monoisotopic (exact) mass is 258 g/mol. The Morgan fingerprint density at radius 2 is 2.26 bits per heavy atom. The smallest absolute Gasteiger partial charge is 0.174 e. The molecule has 0 radical (unpaired) electrons. The van der Waals surface area contributed by atoms with Crippen molar-refractivity contribution < 1.29 is 9.26 Å². The quantitative estimate of drug-likeness (QED) is 0.894. The molecule has 19 heavy (non-hydrogen) atoms. The van der Waals surface area contributed by atoms with Crippen molar-refractivity contribution in [2.24, 2.45) is 5.73 Å². The Hall–Kier alpha value is -1.81. The Morgan fingerprint density at radius 3 is 3.00 bits per heavy atom. The van der Waals surface area contributed by atoms with Crippen molar-refractivity contribution >= 4 is 0 Å². The highest BCUT2D eigenvalue weighted by atomic mass is 16.5. The van der Waals surface area contributed by atoms with Crippen LogP contribution in [0.3, 0.4) is 0 Å². The van der Waals surface area contributed by atoms with Gasteiger partial charge in [-0.2, -0.15) is 0 Å². The summed E-state index contributed by atoms with van der Waals surface area (Å²) < 4.78 is 11.0. The summed E-state index contributed by atoms with van der Waals surface area (Å²) in [4.78, 5) is 0. The lowest BCUT2D eigenvalue weighted by atomic mass is 10.1. The number of ether oxygens (including phenoxy) is 1. The molecular weight excluding hydrogens is 240 g/mol. The van der Waals surface area contributed by atoms with Gasteiger partial charge in [0, 0.05) is 18.0 Å². The van der Waals surface area contributed by atoms with Gasteiger partial charge in [-0.05, 0) is 37.5 Å². The molecule has 0 bridgehead atoms. The molecule has 1 aromatic carbocycles. The molecule has 4 heteroatoms. The fourth-order valence-electron chi connectivity index (χ4n) is 2.01. The van der Waals surface area contributed by atoms with E-state index in [9.17, 15) is 0 Å². The highest BCUT2D eigenvalue weighted by Gasteiger charge is 2.27. The van der Waals surface area contributed by atoms with E-state index in [1.807, 2.05) is 37.3 Å². The number of benzene rings is 1. The van der Waals surface area contributed by atoms with Crippen LogP contribution in [0.2, 0.25) is 0 Å². The topological polar surface area (TPSA) is 61.3 Å². The first-order valence-corrected chi connectivity index (χ1v) is 6.66. The molecule has 2 aromatic rings. The third kappa shape index (κ3) is 2.96. The van der Waals surface area contributed by atoms with Gasteiger partial charge in [-0.1, -0.05) is 17.3 Å². The van der Waals surface area contributed by atoms with Gasteiger partial charge in [-0.15, -0.1) is 0 Å². The van der Waals surface area contributed by atoms with E-state index in [2.05, 4.69) is 5.16 Å². The number of nitrogens with two attached hydrogens (primary N) is 1. The predicted molar refractivity (Wildman–Crippen MR) is 71.9 cm³/mol. The van der Waals surface area contributed by atoms with Gasteiger partial charge in [0.1, 0.15) is 12.4 Å². The summed E-state index contributed by atoms with van der Waals surface area (Å²) in [6.07, 6.45) is 2.45. The third-order valence-electron chi connectivity index (χ3n) is 3.34. The van der Waals surface area contributed by atoms with E-state index >= 15 is 0 Å². The molecule has 1 atom stereocenters. The Morgan fingerprint density at radius 1 is 1.42 bits per heavy atom. The maximum Gasteiger partial charge on any atom is 0.174 e. The van der Waals surface area contributed by atoms with Gasteiger partial charge in [0.05, 0.1) is 5.69 Å². The molecule has 1 aliphatic rings. The fraction of sp³-hybridized carbons (Fsp3) is 0.400. The fourth-order valence-corrected chi connectivity index (χ4v) is 2.01. The van der Waals surface area contributed by atoms with Crippen molar-refractivity contribution in [1.82, 2.24) is 5.16 Å².